The zero-order chi connectivity index (χ0) is 14.3. The minimum absolute atomic E-state index is 0.0519. The first-order chi connectivity index (χ1) is 9.59. The van der Waals surface area contributed by atoms with E-state index < -0.39 is 23.3 Å². The Labute approximate surface area is 115 Å². The van der Waals surface area contributed by atoms with Crippen molar-refractivity contribution in [2.45, 2.75) is 30.8 Å². The van der Waals surface area contributed by atoms with Crippen LogP contribution in [0.5, 0.6) is 5.75 Å². The van der Waals surface area contributed by atoms with Gasteiger partial charge in [-0.1, -0.05) is 18.2 Å². The summed E-state index contributed by atoms with van der Waals surface area (Å²) in [7, 11) is 1.18. The minimum atomic E-state index is -1.07. The molecule has 0 bridgehead atoms. The number of carbonyl (C=O) groups is 3. The van der Waals surface area contributed by atoms with Crippen LogP contribution < -0.4 is 4.74 Å². The van der Waals surface area contributed by atoms with Gasteiger partial charge in [0.1, 0.15) is 23.1 Å². The molecule has 1 heterocycles. The number of rotatable bonds is 2. The Morgan fingerprint density at radius 2 is 2.10 bits per heavy atom. The Balaban J connectivity index is 2.13. The van der Waals surface area contributed by atoms with Crippen LogP contribution in [-0.2, 0) is 24.5 Å². The van der Waals surface area contributed by atoms with Crippen LogP contribution in [0.3, 0.4) is 0 Å². The zero-order valence-electron chi connectivity index (χ0n) is 11.0. The molecule has 2 atom stereocenters. The van der Waals surface area contributed by atoms with Crippen LogP contribution in [0, 0.1) is 0 Å². The van der Waals surface area contributed by atoms with Crippen LogP contribution in [0.4, 0.5) is 0 Å². The van der Waals surface area contributed by atoms with Gasteiger partial charge in [-0.05, 0) is 12.5 Å². The maximum Gasteiger partial charge on any atom is 0.375 e. The van der Waals surface area contributed by atoms with Gasteiger partial charge in [0.2, 0.25) is 0 Å². The molecule has 0 radical (unpaired) electrons. The number of esters is 1. The van der Waals surface area contributed by atoms with Gasteiger partial charge in [0.15, 0.2) is 0 Å². The van der Waals surface area contributed by atoms with Crippen LogP contribution in [-0.4, -0.2) is 30.7 Å². The SMILES string of the molecule is COC(=O)C(=O)[C@@]12CCC(=O)C[C@@H]1Oc1ccccc12. The fourth-order valence-electron chi connectivity index (χ4n) is 3.18. The number of hydrogen-bond acceptors (Lipinski definition) is 5. The molecule has 1 aliphatic carbocycles. The highest BCUT2D eigenvalue weighted by Gasteiger charge is 2.58. The fourth-order valence-corrected chi connectivity index (χ4v) is 3.18. The first-order valence-electron chi connectivity index (χ1n) is 6.50. The molecule has 1 aliphatic heterocycles. The summed E-state index contributed by atoms with van der Waals surface area (Å²) in [6.07, 6.45) is 0.114. The Hall–Kier alpha value is -2.17. The number of Topliss-reactive ketones (excluding diaryl/α,β-unsaturated/α-hetero) is 2. The van der Waals surface area contributed by atoms with Crippen molar-refractivity contribution < 1.29 is 23.9 Å². The molecule has 0 N–H and O–H groups in total. The molecule has 5 heteroatoms. The lowest BCUT2D eigenvalue weighted by Crippen LogP contribution is -2.52. The quantitative estimate of drug-likeness (QED) is 0.598. The molecule has 20 heavy (non-hydrogen) atoms. The van der Waals surface area contributed by atoms with Crippen LogP contribution in [0.15, 0.2) is 24.3 Å². The molecule has 1 fully saturated rings. The molecule has 0 spiro atoms. The molecule has 2 aliphatic rings. The van der Waals surface area contributed by atoms with Crippen LogP contribution >= 0.6 is 0 Å². The standard InChI is InChI=1S/C15H14O5/c1-19-14(18)13(17)15-7-6-9(16)8-12(15)20-11-5-3-2-4-10(11)15/h2-5,12H,6-8H2,1H3/t12-,15+/m0/s1. The van der Waals surface area contributed by atoms with Gasteiger partial charge in [-0.3, -0.25) is 9.59 Å². The van der Waals surface area contributed by atoms with Gasteiger partial charge >= 0.3 is 5.97 Å². The van der Waals surface area contributed by atoms with E-state index in [-0.39, 0.29) is 18.6 Å². The lowest BCUT2D eigenvalue weighted by Gasteiger charge is -2.34. The molecule has 1 saturated carbocycles. The second-order valence-corrected chi connectivity index (χ2v) is 5.14. The summed E-state index contributed by atoms with van der Waals surface area (Å²) in [4.78, 5) is 35.9. The zero-order valence-corrected chi connectivity index (χ0v) is 11.0. The first kappa shape index (κ1) is 12.8. The maximum atomic E-state index is 12.5. The molecule has 1 aromatic rings. The highest BCUT2D eigenvalue weighted by Crippen LogP contribution is 2.50. The summed E-state index contributed by atoms with van der Waals surface area (Å²) in [5, 5.41) is 0. The van der Waals surface area contributed by atoms with Crippen molar-refractivity contribution in [1.82, 2.24) is 0 Å². The number of carbonyl (C=O) groups excluding carboxylic acids is 3. The van der Waals surface area contributed by atoms with Crippen molar-refractivity contribution in [2.75, 3.05) is 7.11 Å². The Bertz CT molecular complexity index is 606. The van der Waals surface area contributed by atoms with Crippen molar-refractivity contribution in [3.63, 3.8) is 0 Å². The number of fused-ring (bicyclic) bond motifs is 3. The Kier molecular flexibility index (Phi) is 2.85. The van der Waals surface area contributed by atoms with Crippen molar-refractivity contribution >= 4 is 17.5 Å². The number of hydrogen-bond donors (Lipinski definition) is 0. The van der Waals surface area contributed by atoms with Gasteiger partial charge in [0.05, 0.1) is 7.11 Å². The van der Waals surface area contributed by atoms with E-state index in [4.69, 9.17) is 4.74 Å². The Morgan fingerprint density at radius 3 is 2.85 bits per heavy atom. The molecule has 0 aromatic heterocycles. The third-order valence-electron chi connectivity index (χ3n) is 4.17. The Morgan fingerprint density at radius 1 is 1.35 bits per heavy atom. The second-order valence-electron chi connectivity index (χ2n) is 5.14. The molecule has 0 unspecified atom stereocenters. The lowest BCUT2D eigenvalue weighted by molar-refractivity contribution is -0.157. The number of benzene rings is 1. The molecule has 1 aromatic carbocycles. The van der Waals surface area contributed by atoms with Gasteiger partial charge in [-0.15, -0.1) is 0 Å². The normalized spacial score (nSPS) is 27.2. The van der Waals surface area contributed by atoms with Crippen molar-refractivity contribution in [3.05, 3.63) is 29.8 Å². The van der Waals surface area contributed by atoms with Crippen molar-refractivity contribution in [1.29, 1.82) is 0 Å². The molecule has 0 amide bonds. The molecular formula is C15H14O5. The predicted octanol–water partition coefficient (Wildman–Crippen LogP) is 1.18. The van der Waals surface area contributed by atoms with Gasteiger partial charge in [-0.2, -0.15) is 0 Å². The third kappa shape index (κ3) is 1.59. The summed E-state index contributed by atoms with van der Waals surface area (Å²) in [6.45, 7) is 0. The van der Waals surface area contributed by atoms with E-state index in [1.165, 1.54) is 7.11 Å². The minimum Gasteiger partial charge on any atom is -0.488 e. The number of methoxy groups -OCH3 is 1. The van der Waals surface area contributed by atoms with Crippen LogP contribution in [0.2, 0.25) is 0 Å². The lowest BCUT2D eigenvalue weighted by atomic mass is 9.65. The fraction of sp³-hybridized carbons (Fsp3) is 0.400. The van der Waals surface area contributed by atoms with E-state index in [0.717, 1.165) is 0 Å². The largest absolute Gasteiger partial charge is 0.488 e. The molecule has 5 nitrogen and oxygen atoms in total. The van der Waals surface area contributed by atoms with Crippen molar-refractivity contribution in [2.24, 2.45) is 0 Å². The number of ether oxygens (including phenoxy) is 2. The highest BCUT2D eigenvalue weighted by atomic mass is 16.5. The summed E-state index contributed by atoms with van der Waals surface area (Å²) in [5.41, 5.74) is -0.384. The van der Waals surface area contributed by atoms with Gasteiger partial charge < -0.3 is 9.47 Å². The summed E-state index contributed by atoms with van der Waals surface area (Å²) >= 11 is 0. The molecular weight excluding hydrogens is 260 g/mol. The first-order valence-corrected chi connectivity index (χ1v) is 6.50. The summed E-state index contributed by atoms with van der Waals surface area (Å²) in [6, 6.07) is 7.14. The maximum absolute atomic E-state index is 12.5. The number of para-hydroxylation sites is 1. The van der Waals surface area contributed by atoms with E-state index >= 15 is 0 Å². The van der Waals surface area contributed by atoms with E-state index in [1.807, 2.05) is 0 Å². The highest BCUT2D eigenvalue weighted by molar-refractivity contribution is 6.38. The predicted molar refractivity (Wildman–Crippen MR) is 68.4 cm³/mol. The molecule has 0 saturated heterocycles. The second kappa shape index (κ2) is 4.44. The van der Waals surface area contributed by atoms with Crippen LogP contribution in [0.1, 0.15) is 24.8 Å². The molecule has 104 valence electrons. The number of ketones is 2. The van der Waals surface area contributed by atoms with E-state index in [2.05, 4.69) is 4.74 Å². The van der Waals surface area contributed by atoms with E-state index in [9.17, 15) is 14.4 Å². The van der Waals surface area contributed by atoms with Crippen LogP contribution in [0.25, 0.3) is 0 Å². The summed E-state index contributed by atoms with van der Waals surface area (Å²) < 4.78 is 10.3. The van der Waals surface area contributed by atoms with Gasteiger partial charge in [0, 0.05) is 18.4 Å². The average Bonchev–Trinajstić information content (AvgIpc) is 2.80. The third-order valence-corrected chi connectivity index (χ3v) is 4.17. The summed E-state index contributed by atoms with van der Waals surface area (Å²) in [5.74, 6) is -0.882. The molecule has 3 rings (SSSR count). The van der Waals surface area contributed by atoms with E-state index in [0.29, 0.717) is 17.7 Å². The monoisotopic (exact) mass is 274 g/mol. The van der Waals surface area contributed by atoms with E-state index in [1.54, 1.807) is 24.3 Å². The van der Waals surface area contributed by atoms with Gasteiger partial charge in [0.25, 0.3) is 5.78 Å². The smallest absolute Gasteiger partial charge is 0.375 e. The average molecular weight is 274 g/mol. The topological polar surface area (TPSA) is 69.7 Å². The van der Waals surface area contributed by atoms with Gasteiger partial charge in [-0.25, -0.2) is 4.79 Å². The van der Waals surface area contributed by atoms with Crippen molar-refractivity contribution in [3.8, 4) is 5.75 Å².